The molecule has 0 unspecified atom stereocenters. The highest BCUT2D eigenvalue weighted by Gasteiger charge is 2.27. The van der Waals surface area contributed by atoms with E-state index in [1.54, 1.807) is 34.7 Å². The predicted molar refractivity (Wildman–Crippen MR) is 138 cm³/mol. The largest absolute Gasteiger partial charge is 0.497 e. The lowest BCUT2D eigenvalue weighted by molar-refractivity contribution is 0.0741. The molecule has 1 fully saturated rings. The van der Waals surface area contributed by atoms with Gasteiger partial charge in [0.25, 0.3) is 5.91 Å². The molecule has 0 spiro atoms. The van der Waals surface area contributed by atoms with E-state index in [1.807, 2.05) is 41.3 Å². The molecule has 1 aliphatic heterocycles. The molecule has 2 aromatic carbocycles. The number of piperazine rings is 1. The zero-order valence-corrected chi connectivity index (χ0v) is 21.0. The summed E-state index contributed by atoms with van der Waals surface area (Å²) in [6.45, 7) is 8.38. The molecule has 36 heavy (non-hydrogen) atoms. The van der Waals surface area contributed by atoms with Crippen molar-refractivity contribution < 1.29 is 13.9 Å². The van der Waals surface area contributed by atoms with Crippen LogP contribution in [-0.2, 0) is 5.41 Å². The number of halogens is 1. The van der Waals surface area contributed by atoms with Crippen molar-refractivity contribution >= 4 is 17.2 Å². The van der Waals surface area contributed by atoms with Gasteiger partial charge in [0.2, 0.25) is 0 Å². The van der Waals surface area contributed by atoms with Gasteiger partial charge in [0.05, 0.1) is 24.2 Å². The summed E-state index contributed by atoms with van der Waals surface area (Å²) in [4.78, 5) is 22.0. The standard InChI is InChI=1S/C28H30FN5O2/c1-28(2,3)25-18-26-30-22(17-24(34(26)31-25)19-8-7-9-20(16-19)36-4)27(35)33-14-12-32(13-15-33)23-11-6-5-10-21(23)29/h5-11,16-18H,12-15H2,1-4H3. The van der Waals surface area contributed by atoms with Crippen LogP contribution >= 0.6 is 0 Å². The van der Waals surface area contributed by atoms with Crippen LogP contribution in [0.15, 0.2) is 60.7 Å². The minimum absolute atomic E-state index is 0.145. The quantitative estimate of drug-likeness (QED) is 0.414. The lowest BCUT2D eigenvalue weighted by Gasteiger charge is -2.36. The summed E-state index contributed by atoms with van der Waals surface area (Å²) >= 11 is 0. The number of ether oxygens (including phenoxy) is 1. The molecule has 0 bridgehead atoms. The summed E-state index contributed by atoms with van der Waals surface area (Å²) in [6, 6.07) is 18.2. The summed E-state index contributed by atoms with van der Waals surface area (Å²) in [5, 5.41) is 4.83. The molecule has 2 aromatic heterocycles. The number of rotatable bonds is 4. The van der Waals surface area contributed by atoms with E-state index in [0.29, 0.717) is 43.2 Å². The number of para-hydroxylation sites is 1. The highest BCUT2D eigenvalue weighted by atomic mass is 19.1. The average Bonchev–Trinajstić information content (AvgIpc) is 3.33. The SMILES string of the molecule is COc1cccc(-c2cc(C(=O)N3CCN(c4ccccc4F)CC3)nc3cc(C(C)(C)C)nn23)c1. The molecule has 0 radical (unpaired) electrons. The van der Waals surface area contributed by atoms with Gasteiger partial charge in [0, 0.05) is 43.2 Å². The van der Waals surface area contributed by atoms with E-state index in [9.17, 15) is 9.18 Å². The third kappa shape index (κ3) is 4.51. The van der Waals surface area contributed by atoms with Gasteiger partial charge in [0.1, 0.15) is 17.3 Å². The molecule has 3 heterocycles. The minimum atomic E-state index is -0.247. The van der Waals surface area contributed by atoms with Crippen LogP contribution in [0.5, 0.6) is 5.75 Å². The van der Waals surface area contributed by atoms with Crippen molar-refractivity contribution in [3.05, 3.63) is 77.9 Å². The fraction of sp³-hybridized carbons (Fsp3) is 0.321. The van der Waals surface area contributed by atoms with Crippen molar-refractivity contribution in [2.45, 2.75) is 26.2 Å². The van der Waals surface area contributed by atoms with E-state index in [2.05, 4.69) is 20.8 Å². The van der Waals surface area contributed by atoms with E-state index < -0.39 is 0 Å². The van der Waals surface area contributed by atoms with E-state index in [0.717, 1.165) is 22.7 Å². The van der Waals surface area contributed by atoms with Crippen LogP contribution < -0.4 is 9.64 Å². The molecule has 1 aliphatic rings. The highest BCUT2D eigenvalue weighted by molar-refractivity contribution is 5.94. The van der Waals surface area contributed by atoms with Gasteiger partial charge < -0.3 is 14.5 Å². The summed E-state index contributed by atoms with van der Waals surface area (Å²) in [6.07, 6.45) is 0. The molecule has 0 saturated carbocycles. The van der Waals surface area contributed by atoms with E-state index >= 15 is 0 Å². The normalized spacial score (nSPS) is 14.4. The molecule has 1 saturated heterocycles. The first-order valence-electron chi connectivity index (χ1n) is 12.1. The molecule has 4 aromatic rings. The summed E-state index contributed by atoms with van der Waals surface area (Å²) < 4.78 is 21.5. The molecule has 186 valence electrons. The van der Waals surface area contributed by atoms with Gasteiger partial charge in [-0.3, -0.25) is 4.79 Å². The molecule has 0 N–H and O–H groups in total. The molecule has 1 amide bonds. The zero-order chi connectivity index (χ0) is 25.4. The van der Waals surface area contributed by atoms with E-state index in [-0.39, 0.29) is 17.1 Å². The number of carbonyl (C=O) groups is 1. The number of benzene rings is 2. The fourth-order valence-electron chi connectivity index (χ4n) is 4.46. The number of carbonyl (C=O) groups excluding carboxylic acids is 1. The van der Waals surface area contributed by atoms with Crippen LogP contribution in [0, 0.1) is 5.82 Å². The van der Waals surface area contributed by atoms with Crippen LogP contribution in [0.25, 0.3) is 16.9 Å². The van der Waals surface area contributed by atoms with Crippen molar-refractivity contribution in [1.82, 2.24) is 19.5 Å². The number of hydrogen-bond acceptors (Lipinski definition) is 5. The van der Waals surface area contributed by atoms with Crippen molar-refractivity contribution in [3.8, 4) is 17.0 Å². The second kappa shape index (κ2) is 9.26. The van der Waals surface area contributed by atoms with Gasteiger partial charge >= 0.3 is 0 Å². The number of methoxy groups -OCH3 is 1. The Bertz CT molecular complexity index is 1420. The Labute approximate surface area is 210 Å². The third-order valence-electron chi connectivity index (χ3n) is 6.54. The lowest BCUT2D eigenvalue weighted by Crippen LogP contribution is -2.49. The van der Waals surface area contributed by atoms with Crippen molar-refractivity contribution in [1.29, 1.82) is 0 Å². The van der Waals surface area contributed by atoms with Crippen LogP contribution in [0.1, 0.15) is 37.0 Å². The molecular formula is C28H30FN5O2. The number of fused-ring (bicyclic) bond motifs is 1. The zero-order valence-electron chi connectivity index (χ0n) is 21.0. The van der Waals surface area contributed by atoms with Gasteiger partial charge in [-0.2, -0.15) is 5.10 Å². The Morgan fingerprint density at radius 2 is 1.72 bits per heavy atom. The van der Waals surface area contributed by atoms with Crippen LogP contribution in [0.3, 0.4) is 0 Å². The maximum absolute atomic E-state index is 14.2. The molecule has 0 atom stereocenters. The lowest BCUT2D eigenvalue weighted by atomic mass is 9.93. The van der Waals surface area contributed by atoms with E-state index in [1.165, 1.54) is 6.07 Å². The third-order valence-corrected chi connectivity index (χ3v) is 6.54. The van der Waals surface area contributed by atoms with Crippen LogP contribution in [-0.4, -0.2) is 58.7 Å². The summed E-state index contributed by atoms with van der Waals surface area (Å²) in [7, 11) is 1.63. The number of nitrogens with zero attached hydrogens (tertiary/aromatic N) is 5. The average molecular weight is 488 g/mol. The topological polar surface area (TPSA) is 63.0 Å². The number of amides is 1. The van der Waals surface area contributed by atoms with E-state index in [4.69, 9.17) is 14.8 Å². The molecule has 0 aliphatic carbocycles. The first kappa shape index (κ1) is 23.8. The smallest absolute Gasteiger partial charge is 0.272 e. The van der Waals surface area contributed by atoms with Crippen molar-refractivity contribution in [2.24, 2.45) is 0 Å². The first-order valence-corrected chi connectivity index (χ1v) is 12.1. The predicted octanol–water partition coefficient (Wildman–Crippen LogP) is 4.80. The summed E-state index contributed by atoms with van der Waals surface area (Å²) in [5.41, 5.74) is 3.91. The monoisotopic (exact) mass is 487 g/mol. The Hall–Kier alpha value is -3.94. The minimum Gasteiger partial charge on any atom is -0.497 e. The molecular weight excluding hydrogens is 457 g/mol. The first-order chi connectivity index (χ1) is 17.2. The Morgan fingerprint density at radius 3 is 2.42 bits per heavy atom. The van der Waals surface area contributed by atoms with Crippen molar-refractivity contribution in [3.63, 3.8) is 0 Å². The van der Waals surface area contributed by atoms with Crippen LogP contribution in [0.4, 0.5) is 10.1 Å². The Morgan fingerprint density at radius 1 is 0.972 bits per heavy atom. The maximum atomic E-state index is 14.2. The number of hydrogen-bond donors (Lipinski definition) is 0. The maximum Gasteiger partial charge on any atom is 0.272 e. The fourth-order valence-corrected chi connectivity index (χ4v) is 4.46. The number of anilines is 1. The Kier molecular flexibility index (Phi) is 6.12. The Balaban J connectivity index is 1.49. The molecule has 5 rings (SSSR count). The van der Waals surface area contributed by atoms with Crippen LogP contribution in [0.2, 0.25) is 0 Å². The number of aromatic nitrogens is 3. The summed E-state index contributed by atoms with van der Waals surface area (Å²) in [5.74, 6) is 0.328. The van der Waals surface area contributed by atoms with Crippen molar-refractivity contribution in [2.75, 3.05) is 38.2 Å². The highest BCUT2D eigenvalue weighted by Crippen LogP contribution is 2.29. The second-order valence-electron chi connectivity index (χ2n) is 10.0. The van der Waals surface area contributed by atoms with Gasteiger partial charge in [0.15, 0.2) is 5.65 Å². The molecule has 7 nitrogen and oxygen atoms in total. The van der Waals surface area contributed by atoms with Gasteiger partial charge in [-0.1, -0.05) is 45.0 Å². The second-order valence-corrected chi connectivity index (χ2v) is 10.0. The van der Waals surface area contributed by atoms with Gasteiger partial charge in [-0.15, -0.1) is 0 Å². The van der Waals surface area contributed by atoms with Gasteiger partial charge in [-0.05, 0) is 30.3 Å². The molecule has 8 heteroatoms. The van der Waals surface area contributed by atoms with Gasteiger partial charge in [-0.25, -0.2) is 13.9 Å².